The quantitative estimate of drug-likeness (QED) is 0.589. The number of allylic oxidation sites excluding steroid dienone is 2. The maximum absolute atomic E-state index is 12.2. The number of benzene rings is 1. The summed E-state index contributed by atoms with van der Waals surface area (Å²) >= 11 is 5.08. The fourth-order valence-electron chi connectivity index (χ4n) is 2.64. The van der Waals surface area contributed by atoms with Crippen molar-refractivity contribution >= 4 is 18.3 Å². The third-order valence-corrected chi connectivity index (χ3v) is 4.36. The van der Waals surface area contributed by atoms with Gasteiger partial charge in [0.25, 0.3) is 5.56 Å². The number of H-pyrrole nitrogens is 1. The molecule has 1 aromatic heterocycles. The number of aromatic amines is 1. The highest BCUT2D eigenvalue weighted by molar-refractivity contribution is 7.71. The van der Waals surface area contributed by atoms with Gasteiger partial charge in [-0.1, -0.05) is 49.8 Å². The third kappa shape index (κ3) is 4.57. The molecule has 25 heavy (non-hydrogen) atoms. The van der Waals surface area contributed by atoms with Crippen molar-refractivity contribution in [2.45, 2.75) is 39.7 Å². The smallest absolute Gasteiger partial charge is 0.262 e. The largest absolute Gasteiger partial charge is 0.494 e. The van der Waals surface area contributed by atoms with Crippen LogP contribution in [0, 0.1) is 4.77 Å². The van der Waals surface area contributed by atoms with Gasteiger partial charge in [-0.05, 0) is 48.7 Å². The van der Waals surface area contributed by atoms with Crippen LogP contribution in [0.5, 0.6) is 5.88 Å². The van der Waals surface area contributed by atoms with E-state index in [0.29, 0.717) is 18.9 Å². The van der Waals surface area contributed by atoms with Crippen molar-refractivity contribution in [2.24, 2.45) is 0 Å². The fourth-order valence-corrected chi connectivity index (χ4v) is 2.90. The van der Waals surface area contributed by atoms with Gasteiger partial charge >= 0.3 is 0 Å². The Balaban J connectivity index is 2.33. The number of rotatable bonds is 6. The summed E-state index contributed by atoms with van der Waals surface area (Å²) in [6, 6.07) is 8.45. The molecule has 132 valence electrons. The minimum Gasteiger partial charge on any atom is -0.494 e. The lowest BCUT2D eigenvalue weighted by Crippen LogP contribution is -2.16. The molecule has 0 amide bonds. The van der Waals surface area contributed by atoms with Gasteiger partial charge in [-0.2, -0.15) is 0 Å². The Bertz CT molecular complexity index is 903. The average Bonchev–Trinajstić information content (AvgIpc) is 2.56. The molecule has 0 fully saturated rings. The van der Waals surface area contributed by atoms with Crippen LogP contribution in [0.2, 0.25) is 0 Å². The van der Waals surface area contributed by atoms with E-state index in [1.807, 2.05) is 6.92 Å². The zero-order chi connectivity index (χ0) is 18.6. The molecule has 1 aromatic carbocycles. The van der Waals surface area contributed by atoms with Crippen LogP contribution in [0.1, 0.15) is 43.4 Å². The van der Waals surface area contributed by atoms with Crippen LogP contribution in [0.4, 0.5) is 0 Å². The van der Waals surface area contributed by atoms with Gasteiger partial charge in [0.2, 0.25) is 5.88 Å². The van der Waals surface area contributed by atoms with E-state index in [1.54, 1.807) is 12.2 Å². The third-order valence-electron chi connectivity index (χ3n) is 4.04. The van der Waals surface area contributed by atoms with Gasteiger partial charge in [0, 0.05) is 6.54 Å². The molecular formula is C20H24N2O2S. The molecule has 0 aliphatic heterocycles. The number of nitrogens with one attached hydrogen (secondary N) is 1. The molecule has 0 aliphatic carbocycles. The Hall–Kier alpha value is -2.40. The van der Waals surface area contributed by atoms with Crippen LogP contribution in [-0.4, -0.2) is 14.7 Å². The van der Waals surface area contributed by atoms with E-state index < -0.39 is 5.56 Å². The lowest BCUT2D eigenvalue weighted by atomic mass is 9.99. The molecule has 0 saturated carbocycles. The van der Waals surface area contributed by atoms with Crippen molar-refractivity contribution in [1.29, 1.82) is 0 Å². The molecule has 5 heteroatoms. The van der Waals surface area contributed by atoms with Crippen LogP contribution in [-0.2, 0) is 13.0 Å². The molecule has 2 rings (SSSR count). The molecule has 0 atom stereocenters. The van der Waals surface area contributed by atoms with Crippen LogP contribution in [0.15, 0.2) is 47.3 Å². The summed E-state index contributed by atoms with van der Waals surface area (Å²) < 4.78 is 1.63. The van der Waals surface area contributed by atoms with Gasteiger partial charge in [-0.15, -0.1) is 6.58 Å². The van der Waals surface area contributed by atoms with Gasteiger partial charge in [0.05, 0.1) is 5.56 Å². The lowest BCUT2D eigenvalue weighted by molar-refractivity contribution is 0.412. The van der Waals surface area contributed by atoms with Crippen LogP contribution < -0.4 is 5.56 Å². The summed E-state index contributed by atoms with van der Waals surface area (Å²) in [6.07, 6.45) is 4.03. The topological polar surface area (TPSA) is 58.0 Å². The SMILES string of the molecule is C=CCn1c(O)c(C=C(C)Cc2ccc(C(C)C)cc2)c(=O)[nH]c1=S. The zero-order valence-corrected chi connectivity index (χ0v) is 15.7. The van der Waals surface area contributed by atoms with Crippen molar-refractivity contribution in [3.05, 3.63) is 74.3 Å². The highest BCUT2D eigenvalue weighted by atomic mass is 32.1. The standard InChI is InChI=1S/C20H24N2O2S/c1-5-10-22-19(24)17(18(23)21-20(22)25)12-14(4)11-15-6-8-16(9-7-15)13(2)3/h5-9,12-13,24H,1,10-11H2,2-4H3,(H,21,23,25). The number of aromatic hydroxyl groups is 1. The van der Waals surface area contributed by atoms with Crippen molar-refractivity contribution in [1.82, 2.24) is 9.55 Å². The molecule has 0 unspecified atom stereocenters. The molecule has 2 N–H and O–H groups in total. The summed E-state index contributed by atoms with van der Waals surface area (Å²) in [6.45, 7) is 10.2. The molecule has 2 aromatic rings. The first-order valence-corrected chi connectivity index (χ1v) is 8.67. The predicted molar refractivity (Wildman–Crippen MR) is 106 cm³/mol. The van der Waals surface area contributed by atoms with E-state index in [1.165, 1.54) is 10.1 Å². The van der Waals surface area contributed by atoms with Crippen molar-refractivity contribution in [3.63, 3.8) is 0 Å². The van der Waals surface area contributed by atoms with Gasteiger partial charge < -0.3 is 5.11 Å². The fraction of sp³-hybridized carbons (Fsp3) is 0.300. The average molecular weight is 356 g/mol. The molecule has 0 saturated heterocycles. The van der Waals surface area contributed by atoms with E-state index in [4.69, 9.17) is 12.2 Å². The molecule has 0 bridgehead atoms. The molecule has 0 aliphatic rings. The monoisotopic (exact) mass is 356 g/mol. The Morgan fingerprint density at radius 1 is 1.36 bits per heavy atom. The maximum atomic E-state index is 12.2. The van der Waals surface area contributed by atoms with Crippen molar-refractivity contribution in [2.75, 3.05) is 0 Å². The maximum Gasteiger partial charge on any atom is 0.262 e. The highest BCUT2D eigenvalue weighted by Gasteiger charge is 2.10. The van der Waals surface area contributed by atoms with Crippen LogP contribution >= 0.6 is 12.2 Å². The first kappa shape index (κ1) is 18.9. The number of hydrogen-bond acceptors (Lipinski definition) is 3. The summed E-state index contributed by atoms with van der Waals surface area (Å²) in [5.41, 5.74) is 3.25. The Morgan fingerprint density at radius 3 is 2.56 bits per heavy atom. The summed E-state index contributed by atoms with van der Waals surface area (Å²) in [5, 5.41) is 10.4. The van der Waals surface area contributed by atoms with E-state index in [0.717, 1.165) is 11.1 Å². The Labute approximate surface area is 153 Å². The first-order valence-electron chi connectivity index (χ1n) is 8.26. The Morgan fingerprint density at radius 2 is 2.00 bits per heavy atom. The summed E-state index contributed by atoms with van der Waals surface area (Å²) in [7, 11) is 0. The molecule has 4 nitrogen and oxygen atoms in total. The van der Waals surface area contributed by atoms with Crippen molar-refractivity contribution < 1.29 is 5.11 Å². The summed E-state index contributed by atoms with van der Waals surface area (Å²) in [5.74, 6) is 0.363. The van der Waals surface area contributed by atoms with Gasteiger partial charge in [-0.3, -0.25) is 14.3 Å². The molecule has 1 heterocycles. The number of aromatic nitrogens is 2. The first-order chi connectivity index (χ1) is 11.8. The molecule has 0 radical (unpaired) electrons. The predicted octanol–water partition coefficient (Wildman–Crippen LogP) is 4.57. The second kappa shape index (κ2) is 8.12. The molecule has 0 spiro atoms. The number of nitrogens with zero attached hydrogens (tertiary/aromatic N) is 1. The van der Waals surface area contributed by atoms with Gasteiger partial charge in [0.1, 0.15) is 0 Å². The minimum atomic E-state index is -0.391. The van der Waals surface area contributed by atoms with E-state index in [2.05, 4.69) is 49.7 Å². The summed E-state index contributed by atoms with van der Waals surface area (Å²) in [4.78, 5) is 14.8. The zero-order valence-electron chi connectivity index (χ0n) is 14.9. The lowest BCUT2D eigenvalue weighted by Gasteiger charge is -2.10. The van der Waals surface area contributed by atoms with Crippen LogP contribution in [0.3, 0.4) is 0 Å². The Kier molecular flexibility index (Phi) is 6.15. The van der Waals surface area contributed by atoms with Crippen LogP contribution in [0.25, 0.3) is 6.08 Å². The van der Waals surface area contributed by atoms with E-state index >= 15 is 0 Å². The van der Waals surface area contributed by atoms with E-state index in [9.17, 15) is 9.90 Å². The van der Waals surface area contributed by atoms with Crippen molar-refractivity contribution in [3.8, 4) is 5.88 Å². The van der Waals surface area contributed by atoms with Gasteiger partial charge in [-0.25, -0.2) is 0 Å². The second-order valence-electron chi connectivity index (χ2n) is 6.46. The highest BCUT2D eigenvalue weighted by Crippen LogP contribution is 2.20. The molecular weight excluding hydrogens is 332 g/mol. The number of hydrogen-bond donors (Lipinski definition) is 2. The van der Waals surface area contributed by atoms with Gasteiger partial charge in [0.15, 0.2) is 4.77 Å². The normalized spacial score (nSPS) is 11.8. The second-order valence-corrected chi connectivity index (χ2v) is 6.85. The minimum absolute atomic E-state index is 0.136. The van der Waals surface area contributed by atoms with E-state index in [-0.39, 0.29) is 16.2 Å².